The third-order valence-electron chi connectivity index (χ3n) is 3.43. The summed E-state index contributed by atoms with van der Waals surface area (Å²) in [6, 6.07) is 7.56. The number of benzene rings is 1. The Balaban J connectivity index is 2.03. The minimum atomic E-state index is 0.701. The molecule has 1 atom stereocenters. The average Bonchev–Trinajstić information content (AvgIpc) is 2.33. The molecule has 1 unspecified atom stereocenters. The van der Waals surface area contributed by atoms with Gasteiger partial charge in [-0.2, -0.15) is 0 Å². The van der Waals surface area contributed by atoms with Crippen LogP contribution in [0.1, 0.15) is 30.4 Å². The molecule has 1 aromatic rings. The fourth-order valence-corrected chi connectivity index (χ4v) is 2.89. The number of piperidine rings is 1. The van der Waals surface area contributed by atoms with Gasteiger partial charge in [0.05, 0.1) is 0 Å². The molecule has 1 aliphatic rings. The van der Waals surface area contributed by atoms with E-state index in [9.17, 15) is 0 Å². The highest BCUT2D eigenvalue weighted by molar-refractivity contribution is 7.98. The first-order valence-corrected chi connectivity index (χ1v) is 7.39. The van der Waals surface area contributed by atoms with Crippen LogP contribution in [0.5, 0.6) is 0 Å². The van der Waals surface area contributed by atoms with Gasteiger partial charge in [0.25, 0.3) is 0 Å². The predicted octanol–water partition coefficient (Wildman–Crippen LogP) is 3.40. The van der Waals surface area contributed by atoms with E-state index in [1.807, 2.05) is 11.8 Å². The fourth-order valence-electron chi connectivity index (χ4n) is 2.39. The Hall–Kier alpha value is -0.470. The molecule has 1 aliphatic heterocycles. The molecular weight excluding hydrogens is 214 g/mol. The van der Waals surface area contributed by atoms with E-state index in [1.165, 1.54) is 48.3 Å². The summed E-state index contributed by atoms with van der Waals surface area (Å²) in [5.41, 5.74) is 2.96. The number of hydrogen-bond acceptors (Lipinski definition) is 2. The molecule has 1 fully saturated rings. The summed E-state index contributed by atoms with van der Waals surface area (Å²) >= 11 is 1.82. The van der Waals surface area contributed by atoms with Gasteiger partial charge in [-0.3, -0.25) is 0 Å². The van der Waals surface area contributed by atoms with Crippen LogP contribution in [-0.2, 0) is 6.42 Å². The van der Waals surface area contributed by atoms with Crippen LogP contribution in [0.25, 0.3) is 0 Å². The maximum Gasteiger partial charge on any atom is 0.0108 e. The van der Waals surface area contributed by atoms with Gasteiger partial charge < -0.3 is 5.32 Å². The zero-order chi connectivity index (χ0) is 11.4. The highest BCUT2D eigenvalue weighted by Crippen LogP contribution is 2.21. The largest absolute Gasteiger partial charge is 0.314 e. The van der Waals surface area contributed by atoms with Crippen molar-refractivity contribution < 1.29 is 0 Å². The molecule has 1 heterocycles. The highest BCUT2D eigenvalue weighted by Gasteiger charge is 2.13. The van der Waals surface area contributed by atoms with Gasteiger partial charge in [0, 0.05) is 10.9 Å². The van der Waals surface area contributed by atoms with E-state index in [2.05, 4.69) is 36.7 Å². The maximum atomic E-state index is 3.62. The third kappa shape index (κ3) is 3.02. The van der Waals surface area contributed by atoms with Crippen molar-refractivity contribution in [3.63, 3.8) is 0 Å². The molecule has 16 heavy (non-hydrogen) atoms. The van der Waals surface area contributed by atoms with Gasteiger partial charge in [0.2, 0.25) is 0 Å². The van der Waals surface area contributed by atoms with E-state index in [1.54, 1.807) is 0 Å². The highest BCUT2D eigenvalue weighted by atomic mass is 32.2. The van der Waals surface area contributed by atoms with Gasteiger partial charge in [0.1, 0.15) is 0 Å². The molecule has 1 nitrogen and oxygen atoms in total. The molecule has 2 rings (SSSR count). The van der Waals surface area contributed by atoms with Gasteiger partial charge in [0.15, 0.2) is 0 Å². The van der Waals surface area contributed by atoms with Crippen LogP contribution in [0.4, 0.5) is 0 Å². The summed E-state index contributed by atoms with van der Waals surface area (Å²) in [7, 11) is 0. The van der Waals surface area contributed by atoms with Crippen LogP contribution in [0.3, 0.4) is 0 Å². The van der Waals surface area contributed by atoms with Crippen molar-refractivity contribution in [3.8, 4) is 0 Å². The first kappa shape index (κ1) is 12.0. The molecule has 1 saturated heterocycles. The van der Waals surface area contributed by atoms with E-state index in [0.717, 1.165) is 0 Å². The monoisotopic (exact) mass is 235 g/mol. The first-order chi connectivity index (χ1) is 7.79. The predicted molar refractivity (Wildman–Crippen MR) is 72.3 cm³/mol. The van der Waals surface area contributed by atoms with E-state index < -0.39 is 0 Å². The van der Waals surface area contributed by atoms with Crippen LogP contribution >= 0.6 is 11.8 Å². The molecule has 1 aromatic carbocycles. The quantitative estimate of drug-likeness (QED) is 0.806. The van der Waals surface area contributed by atoms with Crippen molar-refractivity contribution in [2.75, 3.05) is 12.8 Å². The Labute approximate surface area is 103 Å². The standard InChI is InChI=1S/C14H21NS/c1-11-9-14(16-2)7-6-12(11)10-13-5-3-4-8-15-13/h6-7,9,13,15H,3-5,8,10H2,1-2H3. The van der Waals surface area contributed by atoms with Gasteiger partial charge in [-0.25, -0.2) is 0 Å². The molecule has 88 valence electrons. The van der Waals surface area contributed by atoms with Crippen molar-refractivity contribution in [2.24, 2.45) is 0 Å². The SMILES string of the molecule is CSc1ccc(CC2CCCCN2)c(C)c1. The van der Waals surface area contributed by atoms with Crippen molar-refractivity contribution in [1.82, 2.24) is 5.32 Å². The lowest BCUT2D eigenvalue weighted by Gasteiger charge is -2.24. The van der Waals surface area contributed by atoms with E-state index >= 15 is 0 Å². The van der Waals surface area contributed by atoms with Crippen molar-refractivity contribution in [1.29, 1.82) is 0 Å². The molecule has 0 amide bonds. The molecular formula is C14H21NS. The lowest BCUT2D eigenvalue weighted by molar-refractivity contribution is 0.399. The van der Waals surface area contributed by atoms with E-state index in [4.69, 9.17) is 0 Å². The molecule has 0 aliphatic carbocycles. The summed E-state index contributed by atoms with van der Waals surface area (Å²) in [6.45, 7) is 3.44. The Morgan fingerprint density at radius 2 is 2.25 bits per heavy atom. The Kier molecular flexibility index (Phi) is 4.30. The normalized spacial score (nSPS) is 21.0. The number of aryl methyl sites for hydroxylation is 1. The summed E-state index contributed by atoms with van der Waals surface area (Å²) in [6.07, 6.45) is 7.40. The smallest absolute Gasteiger partial charge is 0.0108 e. The van der Waals surface area contributed by atoms with Crippen LogP contribution in [0.2, 0.25) is 0 Å². The topological polar surface area (TPSA) is 12.0 Å². The number of thioether (sulfide) groups is 1. The summed E-state index contributed by atoms with van der Waals surface area (Å²) in [4.78, 5) is 1.37. The number of nitrogens with one attached hydrogen (secondary N) is 1. The van der Waals surface area contributed by atoms with Gasteiger partial charge in [-0.15, -0.1) is 11.8 Å². The minimum absolute atomic E-state index is 0.701. The van der Waals surface area contributed by atoms with E-state index in [-0.39, 0.29) is 0 Å². The lowest BCUT2D eigenvalue weighted by atomic mass is 9.95. The number of rotatable bonds is 3. The molecule has 1 N–H and O–H groups in total. The Morgan fingerprint density at radius 3 is 2.88 bits per heavy atom. The average molecular weight is 235 g/mol. The lowest BCUT2D eigenvalue weighted by Crippen LogP contribution is -2.35. The molecule has 0 radical (unpaired) electrons. The molecule has 0 spiro atoms. The number of hydrogen-bond donors (Lipinski definition) is 1. The van der Waals surface area contributed by atoms with E-state index in [0.29, 0.717) is 6.04 Å². The van der Waals surface area contributed by atoms with Gasteiger partial charge >= 0.3 is 0 Å². The Bertz CT molecular complexity index is 343. The van der Waals surface area contributed by atoms with Crippen LogP contribution in [0.15, 0.2) is 23.1 Å². The second-order valence-electron chi connectivity index (χ2n) is 4.64. The van der Waals surface area contributed by atoms with Gasteiger partial charge in [-0.05, 0) is 62.2 Å². The zero-order valence-electron chi connectivity index (χ0n) is 10.3. The zero-order valence-corrected chi connectivity index (χ0v) is 11.1. The van der Waals surface area contributed by atoms with Crippen molar-refractivity contribution in [3.05, 3.63) is 29.3 Å². The van der Waals surface area contributed by atoms with Crippen molar-refractivity contribution >= 4 is 11.8 Å². The minimum Gasteiger partial charge on any atom is -0.314 e. The summed E-state index contributed by atoms with van der Waals surface area (Å²) in [5, 5.41) is 3.62. The van der Waals surface area contributed by atoms with Crippen molar-refractivity contribution in [2.45, 2.75) is 43.5 Å². The maximum absolute atomic E-state index is 3.62. The van der Waals surface area contributed by atoms with Crippen LogP contribution in [0, 0.1) is 6.92 Å². The molecule has 0 saturated carbocycles. The van der Waals surface area contributed by atoms with Gasteiger partial charge in [-0.1, -0.05) is 12.5 Å². The first-order valence-electron chi connectivity index (χ1n) is 6.16. The van der Waals surface area contributed by atoms with Crippen LogP contribution < -0.4 is 5.32 Å². The Morgan fingerprint density at radius 1 is 1.38 bits per heavy atom. The second-order valence-corrected chi connectivity index (χ2v) is 5.52. The molecule has 2 heteroatoms. The second kappa shape index (κ2) is 5.74. The summed E-state index contributed by atoms with van der Waals surface area (Å²) in [5.74, 6) is 0. The molecule has 0 bridgehead atoms. The fraction of sp³-hybridized carbons (Fsp3) is 0.571. The molecule has 0 aromatic heterocycles. The van der Waals surface area contributed by atoms with Crippen LogP contribution in [-0.4, -0.2) is 18.8 Å². The third-order valence-corrected chi connectivity index (χ3v) is 4.15. The summed E-state index contributed by atoms with van der Waals surface area (Å²) < 4.78 is 0.